The maximum atomic E-state index is 3.03. The van der Waals surface area contributed by atoms with E-state index >= 15 is 0 Å². The van der Waals surface area contributed by atoms with Gasteiger partial charge in [0, 0.05) is 28.3 Å². The molecule has 0 saturated heterocycles. The third-order valence-electron chi connectivity index (χ3n) is 14.4. The fraction of sp³-hybridized carbons (Fsp3) is 0.500. The first-order chi connectivity index (χ1) is 24.5. The Balaban J connectivity index is 1.35. The van der Waals surface area contributed by atoms with E-state index in [0.717, 1.165) is 0 Å². The molecule has 6 aliphatic rings. The van der Waals surface area contributed by atoms with Crippen molar-refractivity contribution in [1.29, 1.82) is 0 Å². The molecule has 10 rings (SSSR count). The highest BCUT2D eigenvalue weighted by Gasteiger charge is 2.78. The molecule has 2 fully saturated rings. The van der Waals surface area contributed by atoms with E-state index in [1.54, 1.807) is 22.5 Å². The number of hydrogen-bond acceptors (Lipinski definition) is 1. The molecule has 1 unspecified atom stereocenters. The van der Waals surface area contributed by atoms with E-state index < -0.39 is 0 Å². The molecule has 0 radical (unpaired) electrons. The van der Waals surface area contributed by atoms with Crippen LogP contribution in [0, 0.1) is 19.8 Å². The Hall–Kier alpha value is -3.72. The predicted molar refractivity (Wildman–Crippen MR) is 211 cm³/mol. The van der Waals surface area contributed by atoms with E-state index in [0.29, 0.717) is 18.0 Å². The van der Waals surface area contributed by atoms with Gasteiger partial charge >= 0.3 is 5.79 Å². The number of aryl methyl sites for hydroxylation is 2. The molecular formula is C48H57N3+2. The fourth-order valence-electron chi connectivity index (χ4n) is 12.6. The molecule has 0 bridgehead atoms. The van der Waals surface area contributed by atoms with Crippen LogP contribution in [-0.4, -0.2) is 27.4 Å². The summed E-state index contributed by atoms with van der Waals surface area (Å²) in [5.41, 5.74) is 17.6. The Morgan fingerprint density at radius 2 is 1.39 bits per heavy atom. The molecule has 2 aliphatic heterocycles. The fourth-order valence-corrected chi connectivity index (χ4v) is 12.6. The number of hydrogen-bond donors (Lipinski definition) is 0. The number of pyridine rings is 1. The van der Waals surface area contributed by atoms with Crippen molar-refractivity contribution in [2.24, 2.45) is 5.92 Å². The highest BCUT2D eigenvalue weighted by molar-refractivity contribution is 6.11. The van der Waals surface area contributed by atoms with Crippen LogP contribution in [0.3, 0.4) is 0 Å². The first-order valence-electron chi connectivity index (χ1n) is 20.5. The Bertz CT molecular complexity index is 2230. The van der Waals surface area contributed by atoms with Crippen LogP contribution in [0.4, 0.5) is 0 Å². The number of benzene rings is 3. The van der Waals surface area contributed by atoms with Crippen molar-refractivity contribution in [3.63, 3.8) is 0 Å². The van der Waals surface area contributed by atoms with Crippen LogP contribution in [0.25, 0.3) is 33.3 Å². The second kappa shape index (κ2) is 10.7. The first kappa shape index (κ1) is 32.0. The van der Waals surface area contributed by atoms with Gasteiger partial charge in [-0.2, -0.15) is 9.48 Å². The SMILES string of the molecule is Cc1cc(C)c2ccc3[n+](c2c1)C1(c2ccc4c(c2-3)C(C)(C)C2=C4C(C)(C)c3ccccc32)N(C2CCCCC2)C(C(C)C)=[N+]1C1CCCCC1. The van der Waals surface area contributed by atoms with E-state index in [9.17, 15) is 0 Å². The average Bonchev–Trinajstić information content (AvgIpc) is 3.65. The number of rotatable bonds is 3. The third-order valence-corrected chi connectivity index (χ3v) is 14.4. The lowest BCUT2D eigenvalue weighted by Gasteiger charge is -2.50. The summed E-state index contributed by atoms with van der Waals surface area (Å²) in [4.78, 5) is 3.03. The third kappa shape index (κ3) is 3.86. The molecule has 3 heteroatoms. The number of allylic oxidation sites excluding steroid dienone is 2. The normalized spacial score (nSPS) is 24.7. The number of amidine groups is 1. The Morgan fingerprint density at radius 1 is 0.706 bits per heavy atom. The molecule has 1 atom stereocenters. The van der Waals surface area contributed by atoms with Gasteiger partial charge < -0.3 is 0 Å². The molecule has 1 spiro atoms. The van der Waals surface area contributed by atoms with E-state index in [1.165, 1.54) is 120 Å². The minimum absolute atomic E-state index is 0.0378. The van der Waals surface area contributed by atoms with Gasteiger partial charge in [-0.1, -0.05) is 90.8 Å². The summed E-state index contributed by atoms with van der Waals surface area (Å²) in [7, 11) is 0. The second-order valence-electron chi connectivity index (χ2n) is 18.5. The van der Waals surface area contributed by atoms with Crippen LogP contribution >= 0.6 is 0 Å². The Labute approximate surface area is 306 Å². The van der Waals surface area contributed by atoms with Crippen molar-refractivity contribution in [1.82, 2.24) is 4.90 Å². The summed E-state index contributed by atoms with van der Waals surface area (Å²) >= 11 is 0. The van der Waals surface area contributed by atoms with Gasteiger partial charge in [0.15, 0.2) is 0 Å². The van der Waals surface area contributed by atoms with E-state index in [-0.39, 0.29) is 16.6 Å². The van der Waals surface area contributed by atoms with Gasteiger partial charge in [-0.3, -0.25) is 0 Å². The minimum Gasteiger partial charge on any atom is -0.155 e. The van der Waals surface area contributed by atoms with Gasteiger partial charge in [-0.15, -0.1) is 4.57 Å². The number of nitrogens with zero attached hydrogens (tertiary/aromatic N) is 3. The second-order valence-corrected chi connectivity index (χ2v) is 18.5. The molecular weight excluding hydrogens is 619 g/mol. The maximum absolute atomic E-state index is 3.03. The summed E-state index contributed by atoms with van der Waals surface area (Å²) in [5, 5.41) is 1.40. The van der Waals surface area contributed by atoms with Crippen LogP contribution in [-0.2, 0) is 16.6 Å². The van der Waals surface area contributed by atoms with Crippen LogP contribution < -0.4 is 4.57 Å². The zero-order chi connectivity index (χ0) is 35.2. The maximum Gasteiger partial charge on any atom is 0.479 e. The number of aromatic nitrogens is 1. The smallest absolute Gasteiger partial charge is 0.155 e. The molecule has 3 nitrogen and oxygen atoms in total. The van der Waals surface area contributed by atoms with Crippen LogP contribution in [0.2, 0.25) is 0 Å². The molecule has 1 aromatic heterocycles. The van der Waals surface area contributed by atoms with E-state index in [4.69, 9.17) is 0 Å². The Morgan fingerprint density at radius 3 is 2.12 bits per heavy atom. The standard InChI is InChI=1S/C48H57N3/c1-29(2)45-49(32-17-11-9-12-18-32)48(50(45)33-19-13-10-14-20-33)38-25-23-36-42(41(38)39-26-24-34-31(4)27-30(3)28-40(34)51(39)48)47(7,8)43-35-21-15-16-22-37(35)46(5,6)44(36)43/h15-16,21-29,32-33H,9-14,17-20H2,1-8H3/q+2. The monoisotopic (exact) mass is 675 g/mol. The molecule has 262 valence electrons. The van der Waals surface area contributed by atoms with Gasteiger partial charge in [0.05, 0.1) is 11.5 Å². The first-order valence-corrected chi connectivity index (χ1v) is 20.5. The largest absolute Gasteiger partial charge is 0.479 e. The molecule has 0 N–H and O–H groups in total. The van der Waals surface area contributed by atoms with Crippen LogP contribution in [0.1, 0.15) is 145 Å². The lowest BCUT2D eigenvalue weighted by atomic mass is 9.73. The quantitative estimate of drug-likeness (QED) is 0.197. The molecule has 2 saturated carbocycles. The molecule has 0 amide bonds. The summed E-state index contributed by atoms with van der Waals surface area (Å²) < 4.78 is 5.94. The summed E-state index contributed by atoms with van der Waals surface area (Å²) in [5.74, 6) is 1.72. The topological polar surface area (TPSA) is 10.1 Å². The highest BCUT2D eigenvalue weighted by atomic mass is 15.6. The molecule has 4 aliphatic carbocycles. The van der Waals surface area contributed by atoms with Crippen LogP contribution in [0.5, 0.6) is 0 Å². The van der Waals surface area contributed by atoms with Crippen molar-refractivity contribution < 1.29 is 9.14 Å². The zero-order valence-electron chi connectivity index (χ0n) is 32.4. The van der Waals surface area contributed by atoms with Crippen LogP contribution in [0.15, 0.2) is 60.7 Å². The summed E-state index contributed by atoms with van der Waals surface area (Å²) in [6.07, 6.45) is 13.3. The lowest BCUT2D eigenvalue weighted by molar-refractivity contribution is -0.957. The van der Waals surface area contributed by atoms with Crippen molar-refractivity contribution in [3.05, 3.63) is 99.6 Å². The predicted octanol–water partition coefficient (Wildman–Crippen LogP) is 10.9. The van der Waals surface area contributed by atoms with E-state index in [1.807, 2.05) is 0 Å². The van der Waals surface area contributed by atoms with Gasteiger partial charge in [-0.25, -0.2) is 0 Å². The van der Waals surface area contributed by atoms with Gasteiger partial charge in [0.25, 0.3) is 5.84 Å². The molecule has 3 aromatic carbocycles. The van der Waals surface area contributed by atoms with Crippen molar-refractivity contribution >= 4 is 27.9 Å². The van der Waals surface area contributed by atoms with Crippen molar-refractivity contribution in [2.45, 2.75) is 148 Å². The minimum atomic E-state index is -0.362. The number of fused-ring (bicyclic) bond motifs is 12. The Kier molecular flexibility index (Phi) is 6.69. The average molecular weight is 676 g/mol. The molecule has 3 heterocycles. The van der Waals surface area contributed by atoms with Crippen molar-refractivity contribution in [3.8, 4) is 11.3 Å². The summed E-state index contributed by atoms with van der Waals surface area (Å²) in [6.45, 7) is 19.6. The van der Waals surface area contributed by atoms with Gasteiger partial charge in [0.2, 0.25) is 11.2 Å². The highest BCUT2D eigenvalue weighted by Crippen LogP contribution is 2.66. The molecule has 51 heavy (non-hydrogen) atoms. The molecule has 4 aromatic rings. The van der Waals surface area contributed by atoms with Gasteiger partial charge in [-0.05, 0) is 122 Å². The zero-order valence-corrected chi connectivity index (χ0v) is 32.4. The lowest BCUT2D eigenvalue weighted by Crippen LogP contribution is -2.84. The van der Waals surface area contributed by atoms with Crippen molar-refractivity contribution in [2.75, 3.05) is 0 Å². The van der Waals surface area contributed by atoms with Gasteiger partial charge in [0.1, 0.15) is 17.6 Å². The van der Waals surface area contributed by atoms with E-state index in [2.05, 4.69) is 130 Å². The summed E-state index contributed by atoms with van der Waals surface area (Å²) in [6, 6.07) is 25.5.